The summed E-state index contributed by atoms with van der Waals surface area (Å²) in [7, 11) is 3.12. The Morgan fingerprint density at radius 1 is 1.28 bits per heavy atom. The van der Waals surface area contributed by atoms with Crippen LogP contribution in [0.15, 0.2) is 59.1 Å². The number of methoxy groups -OCH3 is 2. The van der Waals surface area contributed by atoms with Crippen LogP contribution >= 0.6 is 0 Å². The van der Waals surface area contributed by atoms with E-state index in [0.29, 0.717) is 12.2 Å². The number of carbonyl (C=O) groups excluding carboxylic acids is 1. The van der Waals surface area contributed by atoms with E-state index in [2.05, 4.69) is 10.1 Å². The van der Waals surface area contributed by atoms with Crippen LogP contribution in [0.1, 0.15) is 6.42 Å². The molecule has 1 aliphatic carbocycles. The highest BCUT2D eigenvalue weighted by molar-refractivity contribution is 6.40. The van der Waals surface area contributed by atoms with E-state index in [9.17, 15) is 10.0 Å². The van der Waals surface area contributed by atoms with Crippen molar-refractivity contribution in [2.45, 2.75) is 12.5 Å². The third kappa shape index (κ3) is 3.23. The average molecular weight is 343 g/mol. The van der Waals surface area contributed by atoms with Crippen LogP contribution in [0.4, 0.5) is 5.69 Å². The first-order valence-electron chi connectivity index (χ1n) is 7.98. The lowest BCUT2D eigenvalue weighted by Gasteiger charge is -2.36. The quantitative estimate of drug-likeness (QED) is 0.668. The molecule has 1 N–H and O–H groups in total. The van der Waals surface area contributed by atoms with Crippen molar-refractivity contribution in [3.05, 3.63) is 53.9 Å². The predicted molar refractivity (Wildman–Crippen MR) is 93.3 cm³/mol. The van der Waals surface area contributed by atoms with Gasteiger partial charge in [-0.25, -0.2) is 0 Å². The van der Waals surface area contributed by atoms with Crippen molar-refractivity contribution >= 4 is 17.3 Å². The highest BCUT2D eigenvalue weighted by Gasteiger charge is 2.38. The first-order valence-corrected chi connectivity index (χ1v) is 7.98. The minimum Gasteiger partial charge on any atom is -0.497 e. The highest BCUT2D eigenvalue weighted by atomic mass is 16.5. The molecule has 0 aromatic heterocycles. The van der Waals surface area contributed by atoms with Gasteiger partial charge in [0.25, 0.3) is 5.91 Å². The SMILES string of the molecule is COCN1C(=O)C(=NO)CN(c2ccccc2)C2CC=C(OC)C=C21. The van der Waals surface area contributed by atoms with E-state index in [0.717, 1.165) is 11.4 Å². The average Bonchev–Trinajstić information content (AvgIpc) is 2.77. The normalized spacial score (nSPS) is 22.2. The Balaban J connectivity index is 2.10. The van der Waals surface area contributed by atoms with Gasteiger partial charge >= 0.3 is 0 Å². The number of anilines is 1. The number of hydrogen-bond donors (Lipinski definition) is 1. The lowest BCUT2D eigenvalue weighted by atomic mass is 10.0. The van der Waals surface area contributed by atoms with E-state index in [1.54, 1.807) is 7.11 Å². The van der Waals surface area contributed by atoms with Gasteiger partial charge in [0.2, 0.25) is 0 Å². The fourth-order valence-corrected chi connectivity index (χ4v) is 3.18. The molecule has 3 rings (SSSR count). The maximum Gasteiger partial charge on any atom is 0.279 e. The molecule has 1 unspecified atom stereocenters. The van der Waals surface area contributed by atoms with E-state index in [-0.39, 0.29) is 30.9 Å². The van der Waals surface area contributed by atoms with E-state index < -0.39 is 0 Å². The van der Waals surface area contributed by atoms with Crippen LogP contribution in [-0.2, 0) is 14.3 Å². The summed E-state index contributed by atoms with van der Waals surface area (Å²) in [6.45, 7) is 0.275. The second-order valence-electron chi connectivity index (χ2n) is 5.79. The Kier molecular flexibility index (Phi) is 5.04. The van der Waals surface area contributed by atoms with Gasteiger partial charge in [-0.1, -0.05) is 23.4 Å². The zero-order valence-electron chi connectivity index (χ0n) is 14.3. The van der Waals surface area contributed by atoms with E-state index >= 15 is 0 Å². The third-order valence-corrected chi connectivity index (χ3v) is 4.38. The van der Waals surface area contributed by atoms with E-state index in [1.807, 2.05) is 42.5 Å². The first-order chi connectivity index (χ1) is 12.2. The number of oxime groups is 1. The van der Waals surface area contributed by atoms with Gasteiger partial charge in [-0.2, -0.15) is 0 Å². The van der Waals surface area contributed by atoms with Crippen LogP contribution in [0.25, 0.3) is 0 Å². The summed E-state index contributed by atoms with van der Waals surface area (Å²) < 4.78 is 10.6. The van der Waals surface area contributed by atoms with Crippen molar-refractivity contribution in [1.29, 1.82) is 0 Å². The molecule has 0 bridgehead atoms. The minimum atomic E-state index is -0.378. The van der Waals surface area contributed by atoms with Crippen LogP contribution in [-0.4, -0.2) is 55.3 Å². The Bertz CT molecular complexity index is 727. The van der Waals surface area contributed by atoms with E-state index in [1.165, 1.54) is 12.0 Å². The van der Waals surface area contributed by atoms with Gasteiger partial charge in [0.15, 0.2) is 5.71 Å². The van der Waals surface area contributed by atoms with Crippen molar-refractivity contribution in [1.82, 2.24) is 4.90 Å². The molecule has 1 aromatic rings. The van der Waals surface area contributed by atoms with Crippen molar-refractivity contribution in [3.8, 4) is 0 Å². The molecule has 7 heteroatoms. The molecule has 132 valence electrons. The fourth-order valence-electron chi connectivity index (χ4n) is 3.18. The van der Waals surface area contributed by atoms with Gasteiger partial charge in [-0.05, 0) is 24.6 Å². The van der Waals surface area contributed by atoms with Crippen LogP contribution in [0, 0.1) is 0 Å². The molecule has 1 heterocycles. The molecule has 1 atom stereocenters. The summed E-state index contributed by atoms with van der Waals surface area (Å²) in [5.41, 5.74) is 1.77. The zero-order chi connectivity index (χ0) is 17.8. The van der Waals surface area contributed by atoms with Gasteiger partial charge in [-0.15, -0.1) is 0 Å². The lowest BCUT2D eigenvalue weighted by molar-refractivity contribution is -0.126. The third-order valence-electron chi connectivity index (χ3n) is 4.38. The number of rotatable bonds is 4. The zero-order valence-corrected chi connectivity index (χ0v) is 14.3. The van der Waals surface area contributed by atoms with Crippen molar-refractivity contribution in [2.75, 3.05) is 32.4 Å². The van der Waals surface area contributed by atoms with Gasteiger partial charge in [0, 0.05) is 18.9 Å². The molecular formula is C18H21N3O4. The number of nitrogens with zero attached hydrogens (tertiary/aromatic N) is 3. The first kappa shape index (κ1) is 17.0. The number of carbonyl (C=O) groups is 1. The molecule has 1 amide bonds. The Morgan fingerprint density at radius 3 is 2.68 bits per heavy atom. The molecule has 1 aliphatic heterocycles. The summed E-state index contributed by atoms with van der Waals surface area (Å²) in [5.74, 6) is 0.314. The molecule has 1 aromatic carbocycles. The van der Waals surface area contributed by atoms with Crippen LogP contribution in [0.3, 0.4) is 0 Å². The van der Waals surface area contributed by atoms with Crippen LogP contribution in [0.2, 0.25) is 0 Å². The largest absolute Gasteiger partial charge is 0.497 e. The molecule has 0 spiro atoms. The van der Waals surface area contributed by atoms with Crippen molar-refractivity contribution < 1.29 is 19.5 Å². The Hall–Kier alpha value is -2.80. The number of benzene rings is 1. The molecule has 1 saturated heterocycles. The topological polar surface area (TPSA) is 74.6 Å². The maximum absolute atomic E-state index is 12.8. The summed E-state index contributed by atoms with van der Waals surface area (Å²) in [4.78, 5) is 16.4. The molecule has 0 saturated carbocycles. The maximum atomic E-state index is 12.8. The molecule has 7 nitrogen and oxygen atoms in total. The van der Waals surface area contributed by atoms with Gasteiger partial charge < -0.3 is 19.6 Å². The Morgan fingerprint density at radius 2 is 2.04 bits per heavy atom. The second kappa shape index (κ2) is 7.40. The molecule has 2 aliphatic rings. The predicted octanol–water partition coefficient (Wildman–Crippen LogP) is 1.96. The summed E-state index contributed by atoms with van der Waals surface area (Å²) in [6, 6.07) is 9.66. The monoisotopic (exact) mass is 343 g/mol. The summed E-state index contributed by atoms with van der Waals surface area (Å²) in [5, 5.41) is 12.6. The summed E-state index contributed by atoms with van der Waals surface area (Å²) in [6.07, 6.45) is 4.48. The molecular weight excluding hydrogens is 322 g/mol. The van der Waals surface area contributed by atoms with Gasteiger partial charge in [0.1, 0.15) is 12.5 Å². The number of allylic oxidation sites excluding steroid dienone is 1. The molecule has 25 heavy (non-hydrogen) atoms. The van der Waals surface area contributed by atoms with Crippen molar-refractivity contribution in [2.24, 2.45) is 5.16 Å². The van der Waals surface area contributed by atoms with E-state index in [4.69, 9.17) is 9.47 Å². The number of ether oxygens (including phenoxy) is 2. The fraction of sp³-hybridized carbons (Fsp3) is 0.333. The second-order valence-corrected chi connectivity index (χ2v) is 5.79. The highest BCUT2D eigenvalue weighted by Crippen LogP contribution is 2.32. The van der Waals surface area contributed by atoms with Gasteiger partial charge in [-0.3, -0.25) is 9.69 Å². The van der Waals surface area contributed by atoms with Gasteiger partial charge in [0.05, 0.1) is 25.4 Å². The molecule has 1 fully saturated rings. The lowest BCUT2D eigenvalue weighted by Crippen LogP contribution is -2.41. The molecule has 0 radical (unpaired) electrons. The summed E-state index contributed by atoms with van der Waals surface area (Å²) >= 11 is 0. The number of fused-ring (bicyclic) bond motifs is 1. The smallest absolute Gasteiger partial charge is 0.279 e. The number of hydrogen-bond acceptors (Lipinski definition) is 6. The Labute approximate surface area is 146 Å². The van der Waals surface area contributed by atoms with Crippen LogP contribution < -0.4 is 4.90 Å². The van der Waals surface area contributed by atoms with Crippen LogP contribution in [0.5, 0.6) is 0 Å². The number of amides is 1. The standard InChI is InChI=1S/C18H21N3O4/c1-24-12-21-17-10-14(25-2)8-9-16(17)20(11-15(19-23)18(21)22)13-6-4-3-5-7-13/h3-8,10,16,23H,9,11-12H2,1-2H3. The minimum absolute atomic E-state index is 0.0650. The number of para-hydroxylation sites is 1. The van der Waals surface area contributed by atoms with Crippen molar-refractivity contribution in [3.63, 3.8) is 0 Å².